The van der Waals surface area contributed by atoms with E-state index in [1.54, 1.807) is 6.20 Å². The van der Waals surface area contributed by atoms with E-state index in [4.69, 9.17) is 4.42 Å². The van der Waals surface area contributed by atoms with Crippen LogP contribution in [0.3, 0.4) is 0 Å². The van der Waals surface area contributed by atoms with Crippen LogP contribution in [0.2, 0.25) is 0 Å². The summed E-state index contributed by atoms with van der Waals surface area (Å²) in [7, 11) is 0. The largest absolute Gasteiger partial charge is 0.444 e. The van der Waals surface area contributed by atoms with Gasteiger partial charge >= 0.3 is 0 Å². The highest BCUT2D eigenvalue weighted by atomic mass is 16.6. The molecule has 0 aliphatic carbocycles. The highest BCUT2D eigenvalue weighted by Gasteiger charge is 2.12. The van der Waals surface area contributed by atoms with Gasteiger partial charge in [0.05, 0.1) is 12.2 Å². The lowest BCUT2D eigenvalue weighted by molar-refractivity contribution is 0.299. The molecule has 0 fully saturated rings. The van der Waals surface area contributed by atoms with Crippen molar-refractivity contribution >= 4 is 0 Å². The predicted octanol–water partition coefficient (Wildman–Crippen LogP) is 1.53. The van der Waals surface area contributed by atoms with Crippen LogP contribution in [0.5, 0.6) is 0 Å². The summed E-state index contributed by atoms with van der Waals surface area (Å²) in [6, 6.07) is 0.0322. The Kier molecular flexibility index (Phi) is 3.00. The van der Waals surface area contributed by atoms with Crippen LogP contribution in [0.25, 0.3) is 0 Å². The zero-order valence-electron chi connectivity index (χ0n) is 9.52. The van der Waals surface area contributed by atoms with Gasteiger partial charge in [0.2, 0.25) is 5.89 Å². The molecule has 86 valence electrons. The standard InChI is InChI=1S/C10H14N4O2/c1-6-4-12-10(15-6)8(3)11-5-9-7(2)13-16-14-9/h4,8,11H,5H2,1-3H3. The molecule has 0 radical (unpaired) electrons. The Morgan fingerprint density at radius 1 is 1.38 bits per heavy atom. The maximum absolute atomic E-state index is 5.41. The molecule has 2 heterocycles. The van der Waals surface area contributed by atoms with Crippen molar-refractivity contribution in [2.24, 2.45) is 0 Å². The lowest BCUT2D eigenvalue weighted by atomic mass is 10.3. The third-order valence-electron chi connectivity index (χ3n) is 2.33. The van der Waals surface area contributed by atoms with E-state index in [0.717, 1.165) is 17.1 Å². The summed E-state index contributed by atoms with van der Waals surface area (Å²) >= 11 is 0. The van der Waals surface area contributed by atoms with Gasteiger partial charge in [-0.05, 0) is 20.8 Å². The molecule has 2 rings (SSSR count). The molecule has 2 aromatic rings. The van der Waals surface area contributed by atoms with Crippen LogP contribution in [-0.2, 0) is 6.54 Å². The van der Waals surface area contributed by atoms with Crippen molar-refractivity contribution in [3.63, 3.8) is 0 Å². The Morgan fingerprint density at radius 3 is 2.75 bits per heavy atom. The fourth-order valence-electron chi connectivity index (χ4n) is 1.32. The van der Waals surface area contributed by atoms with E-state index in [1.165, 1.54) is 0 Å². The first kappa shape index (κ1) is 10.8. The van der Waals surface area contributed by atoms with Crippen LogP contribution in [0.4, 0.5) is 0 Å². The lowest BCUT2D eigenvalue weighted by Crippen LogP contribution is -2.19. The maximum atomic E-state index is 5.41. The minimum absolute atomic E-state index is 0.0322. The van der Waals surface area contributed by atoms with E-state index in [2.05, 4.69) is 25.2 Å². The maximum Gasteiger partial charge on any atom is 0.211 e. The molecule has 2 aromatic heterocycles. The predicted molar refractivity (Wildman–Crippen MR) is 55.5 cm³/mol. The quantitative estimate of drug-likeness (QED) is 0.845. The van der Waals surface area contributed by atoms with Crippen LogP contribution in [0, 0.1) is 13.8 Å². The van der Waals surface area contributed by atoms with Gasteiger partial charge in [-0.2, -0.15) is 0 Å². The van der Waals surface area contributed by atoms with Crippen molar-refractivity contribution in [2.45, 2.75) is 33.4 Å². The average molecular weight is 222 g/mol. The second-order valence-electron chi connectivity index (χ2n) is 3.71. The number of aromatic nitrogens is 3. The van der Waals surface area contributed by atoms with Gasteiger partial charge in [-0.1, -0.05) is 10.3 Å². The molecule has 0 amide bonds. The van der Waals surface area contributed by atoms with Crippen LogP contribution in [0.1, 0.15) is 36.0 Å². The molecule has 0 aliphatic heterocycles. The third kappa shape index (κ3) is 2.27. The summed E-state index contributed by atoms with van der Waals surface area (Å²) in [4.78, 5) is 4.15. The molecule has 16 heavy (non-hydrogen) atoms. The number of nitrogens with one attached hydrogen (secondary N) is 1. The van der Waals surface area contributed by atoms with Gasteiger partial charge in [-0.3, -0.25) is 0 Å². The van der Waals surface area contributed by atoms with Gasteiger partial charge in [0.1, 0.15) is 17.1 Å². The SMILES string of the molecule is Cc1cnc(C(C)NCc2nonc2C)o1. The number of hydrogen-bond donors (Lipinski definition) is 1. The molecule has 1 atom stereocenters. The number of nitrogens with zero attached hydrogens (tertiary/aromatic N) is 3. The number of rotatable bonds is 4. The van der Waals surface area contributed by atoms with E-state index in [0.29, 0.717) is 12.4 Å². The summed E-state index contributed by atoms with van der Waals surface area (Å²) in [6.45, 7) is 6.29. The fraction of sp³-hybridized carbons (Fsp3) is 0.500. The molecule has 0 aliphatic rings. The zero-order chi connectivity index (χ0) is 11.5. The van der Waals surface area contributed by atoms with Crippen LogP contribution < -0.4 is 5.32 Å². The van der Waals surface area contributed by atoms with E-state index in [9.17, 15) is 0 Å². The highest BCUT2D eigenvalue weighted by molar-refractivity contribution is 5.04. The molecule has 0 aromatic carbocycles. The van der Waals surface area contributed by atoms with Crippen molar-refractivity contribution in [1.29, 1.82) is 0 Å². The Morgan fingerprint density at radius 2 is 2.19 bits per heavy atom. The van der Waals surface area contributed by atoms with Crippen molar-refractivity contribution < 1.29 is 9.05 Å². The first-order valence-electron chi connectivity index (χ1n) is 5.10. The molecular formula is C10H14N4O2. The molecular weight excluding hydrogens is 208 g/mol. The van der Waals surface area contributed by atoms with Crippen LogP contribution in [0.15, 0.2) is 15.2 Å². The Hall–Kier alpha value is -1.69. The Labute approximate surface area is 93.0 Å². The molecule has 1 N–H and O–H groups in total. The smallest absolute Gasteiger partial charge is 0.211 e. The van der Waals surface area contributed by atoms with Gasteiger partial charge in [0.25, 0.3) is 0 Å². The van der Waals surface area contributed by atoms with Gasteiger partial charge in [-0.25, -0.2) is 9.61 Å². The first-order valence-corrected chi connectivity index (χ1v) is 5.10. The van der Waals surface area contributed by atoms with Crippen LogP contribution in [-0.4, -0.2) is 15.3 Å². The molecule has 0 saturated carbocycles. The molecule has 0 saturated heterocycles. The fourth-order valence-corrected chi connectivity index (χ4v) is 1.32. The first-order chi connectivity index (χ1) is 7.66. The topological polar surface area (TPSA) is 77.0 Å². The van der Waals surface area contributed by atoms with Gasteiger partial charge in [0, 0.05) is 6.54 Å². The zero-order valence-corrected chi connectivity index (χ0v) is 9.52. The van der Waals surface area contributed by atoms with Gasteiger partial charge in [-0.15, -0.1) is 0 Å². The normalized spacial score (nSPS) is 12.9. The molecule has 0 bridgehead atoms. The van der Waals surface area contributed by atoms with Gasteiger partial charge < -0.3 is 9.73 Å². The summed E-state index contributed by atoms with van der Waals surface area (Å²) in [6.07, 6.45) is 1.70. The second-order valence-corrected chi connectivity index (χ2v) is 3.71. The van der Waals surface area contributed by atoms with Crippen LogP contribution >= 0.6 is 0 Å². The summed E-state index contributed by atoms with van der Waals surface area (Å²) < 4.78 is 10.0. The average Bonchev–Trinajstić information content (AvgIpc) is 2.84. The van der Waals surface area contributed by atoms with Crippen molar-refractivity contribution in [2.75, 3.05) is 0 Å². The number of oxazole rings is 1. The third-order valence-corrected chi connectivity index (χ3v) is 2.33. The van der Waals surface area contributed by atoms with E-state index in [1.807, 2.05) is 20.8 Å². The number of aryl methyl sites for hydroxylation is 2. The van der Waals surface area contributed by atoms with E-state index >= 15 is 0 Å². The summed E-state index contributed by atoms with van der Waals surface area (Å²) in [5, 5.41) is 10.7. The van der Waals surface area contributed by atoms with E-state index in [-0.39, 0.29) is 6.04 Å². The molecule has 6 heteroatoms. The summed E-state index contributed by atoms with van der Waals surface area (Å²) in [5.41, 5.74) is 1.60. The van der Waals surface area contributed by atoms with Crippen molar-refractivity contribution in [3.05, 3.63) is 29.2 Å². The van der Waals surface area contributed by atoms with E-state index < -0.39 is 0 Å². The molecule has 0 spiro atoms. The Bertz CT molecular complexity index is 463. The molecule has 6 nitrogen and oxygen atoms in total. The highest BCUT2D eigenvalue weighted by Crippen LogP contribution is 2.12. The minimum atomic E-state index is 0.0322. The van der Waals surface area contributed by atoms with Gasteiger partial charge in [0.15, 0.2) is 0 Å². The van der Waals surface area contributed by atoms with Crippen molar-refractivity contribution in [3.8, 4) is 0 Å². The lowest BCUT2D eigenvalue weighted by Gasteiger charge is -2.08. The molecule has 1 unspecified atom stereocenters. The monoisotopic (exact) mass is 222 g/mol. The Balaban J connectivity index is 1.93. The summed E-state index contributed by atoms with van der Waals surface area (Å²) in [5.74, 6) is 1.48. The van der Waals surface area contributed by atoms with Crippen molar-refractivity contribution in [1.82, 2.24) is 20.6 Å². The number of hydrogen-bond acceptors (Lipinski definition) is 6. The minimum Gasteiger partial charge on any atom is -0.444 e. The second kappa shape index (κ2) is 4.44.